The minimum Gasteiger partial charge on any atom is -0.497 e. The van der Waals surface area contributed by atoms with Gasteiger partial charge >= 0.3 is 6.18 Å². The van der Waals surface area contributed by atoms with Crippen LogP contribution < -0.4 is 20.7 Å². The normalized spacial score (nSPS) is 17.4. The number of nitrogens with zero attached hydrogens (tertiary/aromatic N) is 2. The molecule has 25 heavy (non-hydrogen) atoms. The molecule has 1 unspecified atom stereocenters. The van der Waals surface area contributed by atoms with Gasteiger partial charge < -0.3 is 20.7 Å². The number of alkyl halides is 3. The van der Waals surface area contributed by atoms with Crippen LogP contribution in [0.15, 0.2) is 30.5 Å². The molecule has 1 aromatic heterocycles. The Morgan fingerprint density at radius 2 is 2.12 bits per heavy atom. The van der Waals surface area contributed by atoms with Gasteiger partial charge in [0.05, 0.1) is 12.7 Å². The summed E-state index contributed by atoms with van der Waals surface area (Å²) in [6.07, 6.45) is -1.94. The second-order valence-electron chi connectivity index (χ2n) is 5.67. The fourth-order valence-electron chi connectivity index (χ4n) is 2.57. The van der Waals surface area contributed by atoms with Crippen LogP contribution in [0.4, 0.5) is 30.6 Å². The Labute approximate surface area is 142 Å². The monoisotopic (exact) mass is 353 g/mol. The molecule has 6 nitrogen and oxygen atoms in total. The summed E-state index contributed by atoms with van der Waals surface area (Å²) in [5.41, 5.74) is -0.605. The van der Waals surface area contributed by atoms with Crippen molar-refractivity contribution in [1.29, 1.82) is 0 Å². The van der Waals surface area contributed by atoms with Crippen molar-refractivity contribution in [2.45, 2.75) is 18.6 Å². The number of halogens is 3. The van der Waals surface area contributed by atoms with Crippen molar-refractivity contribution >= 4 is 17.5 Å². The number of benzene rings is 1. The van der Waals surface area contributed by atoms with E-state index in [2.05, 4.69) is 25.9 Å². The van der Waals surface area contributed by atoms with Crippen molar-refractivity contribution < 1.29 is 17.9 Å². The van der Waals surface area contributed by atoms with Crippen LogP contribution in [0, 0.1) is 0 Å². The van der Waals surface area contributed by atoms with Crippen molar-refractivity contribution in [1.82, 2.24) is 15.3 Å². The molecule has 0 amide bonds. The molecule has 0 saturated carbocycles. The van der Waals surface area contributed by atoms with E-state index in [0.29, 0.717) is 5.82 Å². The Bertz CT molecular complexity index is 732. The summed E-state index contributed by atoms with van der Waals surface area (Å²) in [5, 5.41) is 9.30. The second-order valence-corrected chi connectivity index (χ2v) is 5.67. The minimum absolute atomic E-state index is 0.101. The van der Waals surface area contributed by atoms with Crippen LogP contribution in [0.1, 0.15) is 12.0 Å². The highest BCUT2D eigenvalue weighted by Gasteiger charge is 2.31. The Morgan fingerprint density at radius 3 is 2.80 bits per heavy atom. The van der Waals surface area contributed by atoms with Crippen LogP contribution in [0.5, 0.6) is 5.75 Å². The van der Waals surface area contributed by atoms with Gasteiger partial charge in [-0.2, -0.15) is 18.2 Å². The lowest BCUT2D eigenvalue weighted by atomic mass is 10.2. The summed E-state index contributed by atoms with van der Waals surface area (Å²) in [6.45, 7) is 1.79. The molecule has 0 bridgehead atoms. The van der Waals surface area contributed by atoms with E-state index in [-0.39, 0.29) is 23.4 Å². The number of aromatic nitrogens is 2. The average molecular weight is 353 g/mol. The van der Waals surface area contributed by atoms with E-state index in [0.717, 1.165) is 31.6 Å². The van der Waals surface area contributed by atoms with Crippen LogP contribution in [0.2, 0.25) is 0 Å². The lowest BCUT2D eigenvalue weighted by molar-refractivity contribution is -0.137. The summed E-state index contributed by atoms with van der Waals surface area (Å²) in [6, 6.07) is 5.39. The first-order chi connectivity index (χ1) is 11.9. The third-order valence-corrected chi connectivity index (χ3v) is 3.79. The van der Waals surface area contributed by atoms with E-state index >= 15 is 0 Å². The fraction of sp³-hybridized carbons (Fsp3) is 0.375. The molecule has 1 fully saturated rings. The summed E-state index contributed by atoms with van der Waals surface area (Å²) in [4.78, 5) is 8.35. The van der Waals surface area contributed by atoms with Crippen LogP contribution in [0.25, 0.3) is 0 Å². The molecule has 1 aliphatic heterocycles. The molecule has 134 valence electrons. The van der Waals surface area contributed by atoms with Crippen LogP contribution in [-0.4, -0.2) is 36.2 Å². The van der Waals surface area contributed by atoms with E-state index in [1.54, 1.807) is 12.3 Å². The minimum atomic E-state index is -4.47. The molecule has 3 N–H and O–H groups in total. The SMILES string of the molecule is COc1cc(Nc2nccc(NC3CCNC3)n2)cc(C(F)(F)F)c1. The Kier molecular flexibility index (Phi) is 4.93. The first kappa shape index (κ1) is 17.3. The second kappa shape index (κ2) is 7.14. The maximum atomic E-state index is 13.0. The van der Waals surface area contributed by atoms with Gasteiger partial charge in [-0.05, 0) is 31.2 Å². The average Bonchev–Trinajstić information content (AvgIpc) is 3.07. The molecule has 2 heterocycles. The third kappa shape index (κ3) is 4.50. The van der Waals surface area contributed by atoms with E-state index in [4.69, 9.17) is 4.74 Å². The van der Waals surface area contributed by atoms with Gasteiger partial charge in [0.15, 0.2) is 0 Å². The largest absolute Gasteiger partial charge is 0.497 e. The molecule has 0 spiro atoms. The molecular formula is C16H18F3N5O. The van der Waals surface area contributed by atoms with E-state index in [1.807, 2.05) is 0 Å². The zero-order valence-corrected chi connectivity index (χ0v) is 13.5. The van der Waals surface area contributed by atoms with Crippen molar-refractivity contribution in [3.63, 3.8) is 0 Å². The Hall–Kier alpha value is -2.55. The highest BCUT2D eigenvalue weighted by atomic mass is 19.4. The Balaban J connectivity index is 1.79. The smallest absolute Gasteiger partial charge is 0.416 e. The first-order valence-electron chi connectivity index (χ1n) is 7.77. The maximum absolute atomic E-state index is 13.0. The van der Waals surface area contributed by atoms with Gasteiger partial charge in [-0.1, -0.05) is 0 Å². The van der Waals surface area contributed by atoms with E-state index in [9.17, 15) is 13.2 Å². The number of nitrogens with one attached hydrogen (secondary N) is 3. The van der Waals surface area contributed by atoms with Gasteiger partial charge in [0, 0.05) is 30.5 Å². The lowest BCUT2D eigenvalue weighted by Gasteiger charge is -2.14. The quantitative estimate of drug-likeness (QED) is 0.768. The van der Waals surface area contributed by atoms with Gasteiger partial charge in [-0.25, -0.2) is 4.98 Å². The van der Waals surface area contributed by atoms with Crippen LogP contribution >= 0.6 is 0 Å². The molecule has 1 atom stereocenters. The number of rotatable bonds is 5. The highest BCUT2D eigenvalue weighted by Crippen LogP contribution is 2.34. The summed E-state index contributed by atoms with van der Waals surface area (Å²) >= 11 is 0. The number of hydrogen-bond donors (Lipinski definition) is 3. The number of ether oxygens (including phenoxy) is 1. The van der Waals surface area contributed by atoms with Crippen molar-refractivity contribution in [2.24, 2.45) is 0 Å². The molecule has 9 heteroatoms. The van der Waals surface area contributed by atoms with Crippen LogP contribution in [0.3, 0.4) is 0 Å². The van der Waals surface area contributed by atoms with Gasteiger partial charge in [0.2, 0.25) is 5.95 Å². The van der Waals surface area contributed by atoms with Gasteiger partial charge in [0.1, 0.15) is 11.6 Å². The zero-order valence-electron chi connectivity index (χ0n) is 13.5. The third-order valence-electron chi connectivity index (χ3n) is 3.79. The summed E-state index contributed by atoms with van der Waals surface area (Å²) < 4.78 is 43.9. The molecule has 0 aliphatic carbocycles. The molecule has 3 rings (SSSR count). The summed E-state index contributed by atoms with van der Waals surface area (Å²) in [5.74, 6) is 0.922. The predicted octanol–water partition coefficient (Wildman–Crippen LogP) is 3.02. The molecule has 1 aliphatic rings. The summed E-state index contributed by atoms with van der Waals surface area (Å²) in [7, 11) is 1.32. The predicted molar refractivity (Wildman–Crippen MR) is 88.2 cm³/mol. The number of hydrogen-bond acceptors (Lipinski definition) is 6. The molecule has 0 radical (unpaired) electrons. The zero-order chi connectivity index (χ0) is 17.9. The fourth-order valence-corrected chi connectivity index (χ4v) is 2.57. The van der Waals surface area contributed by atoms with E-state index < -0.39 is 11.7 Å². The van der Waals surface area contributed by atoms with E-state index in [1.165, 1.54) is 13.2 Å². The Morgan fingerprint density at radius 1 is 1.28 bits per heavy atom. The van der Waals surface area contributed by atoms with Crippen molar-refractivity contribution in [3.8, 4) is 5.75 Å². The van der Waals surface area contributed by atoms with Gasteiger partial charge in [-0.15, -0.1) is 0 Å². The molecular weight excluding hydrogens is 335 g/mol. The number of anilines is 3. The topological polar surface area (TPSA) is 71.1 Å². The molecule has 1 aromatic carbocycles. The molecule has 2 aromatic rings. The highest BCUT2D eigenvalue weighted by molar-refractivity contribution is 5.59. The molecule has 1 saturated heterocycles. The lowest BCUT2D eigenvalue weighted by Crippen LogP contribution is -2.22. The van der Waals surface area contributed by atoms with Crippen molar-refractivity contribution in [2.75, 3.05) is 30.8 Å². The first-order valence-corrected chi connectivity index (χ1v) is 7.77. The number of methoxy groups -OCH3 is 1. The standard InChI is InChI=1S/C16H18F3N5O/c1-25-13-7-10(16(17,18)19)6-12(8-13)23-15-21-5-3-14(24-15)22-11-2-4-20-9-11/h3,5-8,11,20H,2,4,9H2,1H3,(H2,21,22,23,24). The maximum Gasteiger partial charge on any atom is 0.416 e. The van der Waals surface area contributed by atoms with Crippen molar-refractivity contribution in [3.05, 3.63) is 36.0 Å². The van der Waals surface area contributed by atoms with Gasteiger partial charge in [0.25, 0.3) is 0 Å². The van der Waals surface area contributed by atoms with Gasteiger partial charge in [-0.3, -0.25) is 0 Å². The van der Waals surface area contributed by atoms with Crippen LogP contribution in [-0.2, 0) is 6.18 Å².